The van der Waals surface area contributed by atoms with E-state index < -0.39 is 11.9 Å². The molecule has 0 bridgehead atoms. The highest BCUT2D eigenvalue weighted by molar-refractivity contribution is 5.94. The first kappa shape index (κ1) is 23.2. The summed E-state index contributed by atoms with van der Waals surface area (Å²) in [6, 6.07) is 18.8. The van der Waals surface area contributed by atoms with E-state index in [0.29, 0.717) is 44.9 Å². The summed E-state index contributed by atoms with van der Waals surface area (Å²) < 4.78 is 16.3. The van der Waals surface area contributed by atoms with Crippen LogP contribution in [-0.2, 0) is 0 Å². The summed E-state index contributed by atoms with van der Waals surface area (Å²) in [6.07, 6.45) is 4.53. The second-order valence-electron chi connectivity index (χ2n) is 8.70. The van der Waals surface area contributed by atoms with Crippen LogP contribution in [0.2, 0.25) is 0 Å². The summed E-state index contributed by atoms with van der Waals surface area (Å²) >= 11 is 0. The summed E-state index contributed by atoms with van der Waals surface area (Å²) in [7, 11) is 0. The Morgan fingerprint density at radius 1 is 0.868 bits per heavy atom. The average Bonchev–Trinajstić information content (AvgIpc) is 2.93. The molecule has 0 saturated heterocycles. The van der Waals surface area contributed by atoms with E-state index in [1.165, 1.54) is 12.4 Å². The van der Waals surface area contributed by atoms with Gasteiger partial charge in [-0.25, -0.2) is 29.3 Å². The maximum absolute atomic E-state index is 14.7. The summed E-state index contributed by atoms with van der Waals surface area (Å²) in [6.45, 7) is 1.85. The number of benzene rings is 3. The fourth-order valence-corrected chi connectivity index (χ4v) is 4.53. The van der Waals surface area contributed by atoms with Crippen LogP contribution in [0.15, 0.2) is 90.2 Å². The fourth-order valence-electron chi connectivity index (χ4n) is 4.53. The molecule has 10 heteroatoms. The highest BCUT2D eigenvalue weighted by Crippen LogP contribution is 2.29. The zero-order valence-corrected chi connectivity index (χ0v) is 20.2. The molecule has 1 unspecified atom stereocenters. The van der Waals surface area contributed by atoms with Gasteiger partial charge in [0.1, 0.15) is 23.8 Å². The third-order valence-electron chi connectivity index (χ3n) is 6.27. The van der Waals surface area contributed by atoms with Gasteiger partial charge in [0.2, 0.25) is 5.95 Å². The van der Waals surface area contributed by atoms with Gasteiger partial charge in [0.05, 0.1) is 33.5 Å². The van der Waals surface area contributed by atoms with Gasteiger partial charge in [-0.15, -0.1) is 0 Å². The van der Waals surface area contributed by atoms with Gasteiger partial charge < -0.3 is 11.1 Å². The Balaban J connectivity index is 1.57. The van der Waals surface area contributed by atoms with Crippen LogP contribution in [0.4, 0.5) is 16.2 Å². The lowest BCUT2D eigenvalue weighted by molar-refractivity contribution is 0.638. The monoisotopic (exact) mass is 504 g/mol. The lowest BCUT2D eigenvalue weighted by Crippen LogP contribution is -2.27. The van der Waals surface area contributed by atoms with E-state index >= 15 is 0 Å². The number of aromatic nitrogens is 6. The predicted molar refractivity (Wildman–Crippen MR) is 144 cm³/mol. The van der Waals surface area contributed by atoms with Crippen molar-refractivity contribution in [3.8, 4) is 16.8 Å². The molecule has 6 rings (SSSR count). The summed E-state index contributed by atoms with van der Waals surface area (Å²) in [5, 5.41) is 3.93. The van der Waals surface area contributed by atoms with Gasteiger partial charge in [0.15, 0.2) is 0 Å². The van der Waals surface area contributed by atoms with E-state index in [0.717, 1.165) is 0 Å². The molecule has 0 spiro atoms. The first-order valence-electron chi connectivity index (χ1n) is 11.9. The minimum atomic E-state index is -0.534. The van der Waals surface area contributed by atoms with Gasteiger partial charge in [-0.05, 0) is 42.8 Å². The van der Waals surface area contributed by atoms with Crippen molar-refractivity contribution in [2.75, 3.05) is 11.1 Å². The van der Waals surface area contributed by atoms with Gasteiger partial charge in [0.25, 0.3) is 5.56 Å². The van der Waals surface area contributed by atoms with Crippen LogP contribution < -0.4 is 16.6 Å². The molecule has 186 valence electrons. The Morgan fingerprint density at radius 2 is 1.61 bits per heavy atom. The van der Waals surface area contributed by atoms with Crippen molar-refractivity contribution in [1.29, 1.82) is 0 Å². The standard InChI is InChI=1S/C28H21FN8O/c1-16(35-25-24-20(29)10-6-11-21(24)33-15-34-25)26-36-22-12-5-9-19(17-13-31-28(30)32-14-17)23(22)27(38)37(26)18-7-3-2-4-8-18/h2-16H,1H3,(H2,30,31,32)(H,33,34,35). The van der Waals surface area contributed by atoms with Gasteiger partial charge in [-0.3, -0.25) is 9.36 Å². The zero-order valence-electron chi connectivity index (χ0n) is 20.2. The van der Waals surface area contributed by atoms with Crippen LogP contribution >= 0.6 is 0 Å². The number of rotatable bonds is 5. The minimum absolute atomic E-state index is 0.143. The van der Waals surface area contributed by atoms with Crippen LogP contribution in [0.1, 0.15) is 18.8 Å². The predicted octanol–water partition coefficient (Wildman–Crippen LogP) is 4.68. The van der Waals surface area contributed by atoms with Crippen molar-refractivity contribution in [3.05, 3.63) is 107 Å². The molecule has 3 N–H and O–H groups in total. The molecule has 0 aliphatic rings. The Labute approximate surface area is 215 Å². The second kappa shape index (κ2) is 9.32. The number of anilines is 2. The number of para-hydroxylation sites is 1. The molecular weight excluding hydrogens is 483 g/mol. The topological polar surface area (TPSA) is 124 Å². The number of nitrogens with zero attached hydrogens (tertiary/aromatic N) is 6. The van der Waals surface area contributed by atoms with Crippen LogP contribution in [0.5, 0.6) is 0 Å². The Hall–Kier alpha value is -5.25. The molecule has 3 heterocycles. The SMILES string of the molecule is CC(Nc1ncnc2cccc(F)c12)c1nc2cccc(-c3cnc(N)nc3)c2c(=O)n1-c1ccccc1. The molecule has 3 aromatic heterocycles. The quantitative estimate of drug-likeness (QED) is 0.347. The van der Waals surface area contributed by atoms with E-state index in [2.05, 4.69) is 25.3 Å². The zero-order chi connectivity index (χ0) is 26.2. The normalized spacial score (nSPS) is 12.1. The molecule has 0 radical (unpaired) electrons. The molecular formula is C28H21FN8O. The number of hydrogen-bond donors (Lipinski definition) is 2. The number of hydrogen-bond acceptors (Lipinski definition) is 8. The van der Waals surface area contributed by atoms with E-state index in [9.17, 15) is 9.18 Å². The molecule has 6 aromatic rings. The van der Waals surface area contributed by atoms with Crippen molar-refractivity contribution >= 4 is 33.6 Å². The first-order valence-corrected chi connectivity index (χ1v) is 11.9. The molecule has 0 amide bonds. The molecule has 0 aliphatic carbocycles. The largest absolute Gasteiger partial charge is 0.368 e. The number of nitrogen functional groups attached to an aromatic ring is 1. The summed E-state index contributed by atoms with van der Waals surface area (Å²) in [5.74, 6) is 0.439. The highest BCUT2D eigenvalue weighted by Gasteiger charge is 2.22. The Bertz CT molecular complexity index is 1850. The van der Waals surface area contributed by atoms with Crippen LogP contribution in [0.3, 0.4) is 0 Å². The van der Waals surface area contributed by atoms with Crippen molar-refractivity contribution in [2.45, 2.75) is 13.0 Å². The van der Waals surface area contributed by atoms with Gasteiger partial charge in [-0.2, -0.15) is 0 Å². The van der Waals surface area contributed by atoms with E-state index in [-0.39, 0.29) is 16.9 Å². The van der Waals surface area contributed by atoms with Crippen molar-refractivity contribution in [2.24, 2.45) is 0 Å². The Kier molecular flexibility index (Phi) is 5.68. The van der Waals surface area contributed by atoms with E-state index in [1.54, 1.807) is 35.2 Å². The third-order valence-corrected chi connectivity index (χ3v) is 6.27. The number of nitrogens with two attached hydrogens (primary N) is 1. The number of fused-ring (bicyclic) bond motifs is 2. The summed E-state index contributed by atoms with van der Waals surface area (Å²) in [4.78, 5) is 35.7. The fraction of sp³-hybridized carbons (Fsp3) is 0.0714. The second-order valence-corrected chi connectivity index (χ2v) is 8.70. The summed E-state index contributed by atoms with van der Waals surface area (Å²) in [5.41, 5.74) is 8.29. The average molecular weight is 505 g/mol. The van der Waals surface area contributed by atoms with Crippen molar-refractivity contribution in [1.82, 2.24) is 29.5 Å². The minimum Gasteiger partial charge on any atom is -0.368 e. The molecule has 0 saturated carbocycles. The molecule has 0 aliphatic heterocycles. The number of nitrogens with one attached hydrogen (secondary N) is 1. The van der Waals surface area contributed by atoms with Crippen LogP contribution in [-0.4, -0.2) is 29.5 Å². The molecule has 0 fully saturated rings. The van der Waals surface area contributed by atoms with Crippen LogP contribution in [0.25, 0.3) is 38.6 Å². The number of halogens is 1. The van der Waals surface area contributed by atoms with Gasteiger partial charge in [0, 0.05) is 18.0 Å². The van der Waals surface area contributed by atoms with Gasteiger partial charge in [-0.1, -0.05) is 36.4 Å². The maximum atomic E-state index is 14.7. The smallest absolute Gasteiger partial charge is 0.266 e. The highest BCUT2D eigenvalue weighted by atomic mass is 19.1. The van der Waals surface area contributed by atoms with Crippen molar-refractivity contribution < 1.29 is 4.39 Å². The molecule has 9 nitrogen and oxygen atoms in total. The first-order chi connectivity index (χ1) is 18.5. The maximum Gasteiger partial charge on any atom is 0.266 e. The van der Waals surface area contributed by atoms with Gasteiger partial charge >= 0.3 is 0 Å². The van der Waals surface area contributed by atoms with E-state index in [4.69, 9.17) is 10.7 Å². The lowest BCUT2D eigenvalue weighted by Gasteiger charge is -2.21. The molecule has 3 aromatic carbocycles. The van der Waals surface area contributed by atoms with E-state index in [1.807, 2.05) is 49.4 Å². The lowest BCUT2D eigenvalue weighted by atomic mass is 10.0. The molecule has 38 heavy (non-hydrogen) atoms. The Morgan fingerprint density at radius 3 is 2.39 bits per heavy atom. The van der Waals surface area contributed by atoms with Crippen LogP contribution in [0, 0.1) is 5.82 Å². The molecule has 1 atom stereocenters. The third kappa shape index (κ3) is 3.97. The van der Waals surface area contributed by atoms with Crippen molar-refractivity contribution in [3.63, 3.8) is 0 Å².